The van der Waals surface area contributed by atoms with E-state index in [0.29, 0.717) is 24.2 Å². The van der Waals surface area contributed by atoms with Gasteiger partial charge in [-0.2, -0.15) is 5.57 Å². The number of carbonyl (C=O) groups excluding carboxylic acids is 2. The zero-order valence-electron chi connectivity index (χ0n) is 39.5. The molecule has 0 radical (unpaired) electrons. The topological polar surface area (TPSA) is 73.5 Å². The van der Waals surface area contributed by atoms with Crippen LogP contribution in [-0.4, -0.2) is 31.3 Å². The third-order valence-corrected chi connectivity index (χ3v) is 11.2. The molecule has 8 heteroatoms. The molecule has 2 heterocycles. The Morgan fingerprint density at radius 2 is 1.60 bits per heavy atom. The van der Waals surface area contributed by atoms with Crippen LogP contribution in [0.3, 0.4) is 0 Å². The van der Waals surface area contributed by atoms with Crippen molar-refractivity contribution in [1.29, 1.82) is 0 Å². The van der Waals surface area contributed by atoms with Crippen molar-refractivity contribution in [3.63, 3.8) is 0 Å². The molecular weight excluding hydrogens is 994 g/mol. The van der Waals surface area contributed by atoms with Crippen LogP contribution in [0.2, 0.25) is 0 Å². The second kappa shape index (κ2) is 31.1. The Hall–Kier alpha value is -3.86. The number of hydrogen-bond donors (Lipinski definition) is 3. The number of amides is 1. The van der Waals surface area contributed by atoms with Gasteiger partial charge in [-0.05, 0) is 104 Å². The van der Waals surface area contributed by atoms with Crippen LogP contribution in [0.25, 0.3) is 0 Å². The van der Waals surface area contributed by atoms with E-state index in [2.05, 4.69) is 105 Å². The van der Waals surface area contributed by atoms with Gasteiger partial charge in [-0.25, -0.2) is 4.39 Å². The van der Waals surface area contributed by atoms with Gasteiger partial charge in [-0.15, -0.1) is 38.2 Å². The van der Waals surface area contributed by atoms with Crippen LogP contribution in [0, 0.1) is 55.8 Å². The summed E-state index contributed by atoms with van der Waals surface area (Å²) < 4.78 is 14.0. The summed E-state index contributed by atoms with van der Waals surface area (Å²) in [6, 6.07) is 13.6. The van der Waals surface area contributed by atoms with Crippen molar-refractivity contribution in [2.45, 2.75) is 138 Å². The van der Waals surface area contributed by atoms with Gasteiger partial charge < -0.3 is 27.8 Å². The van der Waals surface area contributed by atoms with Gasteiger partial charge in [0.2, 0.25) is 5.91 Å². The Labute approximate surface area is 400 Å². The first-order valence-corrected chi connectivity index (χ1v) is 22.5. The van der Waals surface area contributed by atoms with E-state index >= 15 is 0 Å². The minimum Gasteiger partial charge on any atom is -0.448 e. The Balaban J connectivity index is 0.000000444. The van der Waals surface area contributed by atoms with Gasteiger partial charge in [-0.1, -0.05) is 103 Å². The van der Waals surface area contributed by atoms with Crippen molar-refractivity contribution in [2.24, 2.45) is 5.92 Å². The molecule has 336 valence electrons. The van der Waals surface area contributed by atoms with Crippen LogP contribution in [0.1, 0.15) is 143 Å². The monoisotopic (exact) mass is 1070 g/mol. The van der Waals surface area contributed by atoms with Crippen LogP contribution in [0.4, 0.5) is 15.8 Å². The molecule has 2 saturated heterocycles. The summed E-state index contributed by atoms with van der Waals surface area (Å²) in [6.07, 6.45) is 22.1. The molecule has 1 amide bonds. The minimum atomic E-state index is -0.346. The third kappa shape index (κ3) is 20.1. The van der Waals surface area contributed by atoms with Gasteiger partial charge in [0, 0.05) is 54.6 Å². The Morgan fingerprint density at radius 1 is 0.968 bits per heavy atom. The van der Waals surface area contributed by atoms with Crippen LogP contribution in [-0.2, 0) is 16.0 Å². The number of Topliss-reactive ketones (excluding diaryl/α,β-unsaturated/α-hetero) is 1. The molecule has 62 heavy (non-hydrogen) atoms. The van der Waals surface area contributed by atoms with Crippen molar-refractivity contribution in [1.82, 2.24) is 10.6 Å². The average molecular weight is 1070 g/mol. The second-order valence-corrected chi connectivity index (χ2v) is 16.5. The van der Waals surface area contributed by atoms with Gasteiger partial charge >= 0.3 is 31.1 Å². The van der Waals surface area contributed by atoms with Gasteiger partial charge in [0.1, 0.15) is 11.6 Å². The number of piperidine rings is 1. The minimum absolute atomic E-state index is 0. The van der Waals surface area contributed by atoms with E-state index in [1.165, 1.54) is 91.5 Å². The molecule has 1 aliphatic carbocycles. The fourth-order valence-corrected chi connectivity index (χ4v) is 7.45. The van der Waals surface area contributed by atoms with Crippen molar-refractivity contribution >= 4 is 23.1 Å². The normalized spacial score (nSPS) is 16.9. The van der Waals surface area contributed by atoms with Crippen molar-refractivity contribution in [3.8, 4) is 0 Å². The van der Waals surface area contributed by atoms with Crippen LogP contribution in [0.5, 0.6) is 0 Å². The molecule has 0 bridgehead atoms. The largest absolute Gasteiger partial charge is 2.00 e. The molecule has 1 unspecified atom stereocenters. The fraction of sp³-hybridized carbons (Fsp3) is 0.463. The number of nitrogens with zero attached hydrogens (tertiary/aromatic N) is 1. The molecule has 0 aromatic heterocycles. The summed E-state index contributed by atoms with van der Waals surface area (Å²) >= 11 is 0. The first-order valence-electron chi connectivity index (χ1n) is 22.5. The van der Waals surface area contributed by atoms with Gasteiger partial charge in [0.15, 0.2) is 0 Å². The van der Waals surface area contributed by atoms with Gasteiger partial charge in [-0.3, -0.25) is 15.7 Å². The summed E-state index contributed by atoms with van der Waals surface area (Å²) in [5, 5.41) is 9.21. The summed E-state index contributed by atoms with van der Waals surface area (Å²) in [4.78, 5) is 24.8. The SMILES string of the molecule is C=C/C(C)=C(/C)C(=[C-]C)NC[CH2-].C=C1NC(=O)CCC1c1ccc(N2CC(C)C2)cc1.C=CC1=C(/C=C(\C)Nc2ccc(CC(C)=O)c(F)c2)CCCC1.CCCCCCC.[U+2]. The predicted octanol–water partition coefficient (Wildman–Crippen LogP) is 13.6. The van der Waals surface area contributed by atoms with Crippen LogP contribution < -0.4 is 20.9 Å². The van der Waals surface area contributed by atoms with E-state index in [9.17, 15) is 14.0 Å². The van der Waals surface area contributed by atoms with Gasteiger partial charge in [0.05, 0.1) is 0 Å². The second-order valence-electron chi connectivity index (χ2n) is 16.5. The Kier molecular flexibility index (Phi) is 28.1. The maximum atomic E-state index is 14.0. The van der Waals surface area contributed by atoms with E-state index in [0.717, 1.165) is 55.4 Å². The number of hydrogen-bond acceptors (Lipinski definition) is 5. The maximum Gasteiger partial charge on any atom is 2.00 e. The zero-order chi connectivity index (χ0) is 45.3. The molecule has 1 atom stereocenters. The molecular formula is C54H77FN4O2U. The molecule has 0 saturated carbocycles. The standard InChI is InChI=1S/C20H24FNO.C16H20N2O.C11H17N.C7H16.U/c1-4-16-7-5-6-8-17(16)11-14(2)22-19-10-9-18(12-15(3)23)20(21)13-19;1-11-9-18(10-11)14-5-3-13(4-6-14)15-7-8-16(19)17-12(15)2;1-6-9(4)10(5)11(7-2)12-8-3;1-3-5-7-6-4-2;/h4,9-11,13,22H,1,5-8,12H2,2-3H3;3-6,11,15H,2,7-10H2,1H3,(H,17,19);6,12H,1,3,8H2,2,4-5H3;3-7H2,1-2H3;/q;;-2;;+2/b14-11+;;10-9-;;. The number of benzene rings is 2. The van der Waals surface area contributed by atoms with Gasteiger partial charge in [0.25, 0.3) is 0 Å². The number of anilines is 2. The molecule has 3 aliphatic rings. The van der Waals surface area contributed by atoms with E-state index < -0.39 is 0 Å². The van der Waals surface area contributed by atoms with E-state index in [1.807, 2.05) is 45.9 Å². The number of halogens is 1. The fourth-order valence-electron chi connectivity index (χ4n) is 7.45. The summed E-state index contributed by atoms with van der Waals surface area (Å²) in [5.74, 6) is 0.783. The molecule has 2 aromatic carbocycles. The van der Waals surface area contributed by atoms with Crippen molar-refractivity contribution < 1.29 is 45.1 Å². The van der Waals surface area contributed by atoms with Crippen LogP contribution in [0.15, 0.2) is 120 Å². The third-order valence-electron chi connectivity index (χ3n) is 11.2. The summed E-state index contributed by atoms with van der Waals surface area (Å²) in [7, 11) is 0. The molecule has 6 nitrogen and oxygen atoms in total. The molecule has 2 aliphatic heterocycles. The van der Waals surface area contributed by atoms with E-state index in [-0.39, 0.29) is 61.0 Å². The number of rotatable bonds is 16. The summed E-state index contributed by atoms with van der Waals surface area (Å²) in [6.45, 7) is 34.5. The average Bonchev–Trinajstić information content (AvgIpc) is 3.23. The Bertz CT molecular complexity index is 1860. The first-order chi connectivity index (χ1) is 29.2. The van der Waals surface area contributed by atoms with Crippen LogP contribution >= 0.6 is 0 Å². The van der Waals surface area contributed by atoms with E-state index in [4.69, 9.17) is 0 Å². The van der Waals surface area contributed by atoms with Crippen molar-refractivity contribution in [2.75, 3.05) is 29.9 Å². The number of nitrogens with one attached hydrogen (secondary N) is 3. The quantitative estimate of drug-likeness (QED) is 0.0887. The van der Waals surface area contributed by atoms with E-state index in [1.54, 1.807) is 6.07 Å². The number of unbranched alkanes of at least 4 members (excludes halogenated alkanes) is 4. The van der Waals surface area contributed by atoms with Crippen molar-refractivity contribution in [3.05, 3.63) is 150 Å². The number of ketones is 1. The molecule has 0 spiro atoms. The number of allylic oxidation sites excluding steroid dienone is 10. The Morgan fingerprint density at radius 3 is 2.10 bits per heavy atom. The first kappa shape index (κ1) is 56.2. The summed E-state index contributed by atoms with van der Waals surface area (Å²) in [5.41, 5.74) is 11.5. The molecule has 2 aromatic rings. The smallest absolute Gasteiger partial charge is 0.448 e. The molecule has 2 fully saturated rings. The predicted molar refractivity (Wildman–Crippen MR) is 260 cm³/mol. The maximum absolute atomic E-state index is 14.0. The molecule has 5 rings (SSSR count). The zero-order valence-corrected chi connectivity index (χ0v) is 43.7. The molecule has 3 N–H and O–H groups in total. The number of carbonyl (C=O) groups is 2.